The highest BCUT2D eigenvalue weighted by atomic mass is 19.4. The second-order valence-corrected chi connectivity index (χ2v) is 9.88. The first kappa shape index (κ1) is 31.3. The number of primary amides is 1. The van der Waals surface area contributed by atoms with Crippen molar-refractivity contribution in [3.63, 3.8) is 0 Å². The normalized spacial score (nSPS) is 16.9. The van der Waals surface area contributed by atoms with Gasteiger partial charge < -0.3 is 30.0 Å². The molecule has 11 nitrogen and oxygen atoms in total. The standard InChI is InChI=1S/C28H30F4N6O5/c1-34-24(39)3-2-9-37-15-22(36-16-37)18-12-20(26(33)41)27(35-13-18)42-23-8-10-38(14-21(23)29)25(40)11-17-4-6-19(7-5-17)43-28(30,31)32/h4-7,12-13,15-16,21,23H,2-3,8-11,14H2,1H3,(H2,33,41)(H,34,39)/t21-,23-/m1/s1. The van der Waals surface area contributed by atoms with Crippen LogP contribution < -0.4 is 20.5 Å². The van der Waals surface area contributed by atoms with E-state index in [1.54, 1.807) is 24.1 Å². The van der Waals surface area contributed by atoms with E-state index < -0.39 is 36.2 Å². The SMILES string of the molecule is CNC(=O)CCCn1cnc(-c2cnc(O[C@@H]3CCN(C(=O)Cc4ccc(OC(F)(F)F)cc4)C[C@H]3F)c(C(N)=O)c2)c1. The zero-order valence-electron chi connectivity index (χ0n) is 23.1. The molecule has 1 fully saturated rings. The number of carbonyl (C=O) groups is 3. The Morgan fingerprint density at radius 3 is 2.56 bits per heavy atom. The molecule has 3 heterocycles. The highest BCUT2D eigenvalue weighted by Gasteiger charge is 2.34. The lowest BCUT2D eigenvalue weighted by atomic mass is 10.0. The molecule has 3 aromatic rings. The third-order valence-electron chi connectivity index (χ3n) is 6.75. The van der Waals surface area contributed by atoms with Crippen LogP contribution in [0.2, 0.25) is 0 Å². The quantitative estimate of drug-likeness (QED) is 0.320. The zero-order valence-corrected chi connectivity index (χ0v) is 23.1. The molecule has 3 N–H and O–H groups in total. The number of likely N-dealkylation sites (tertiary alicyclic amines) is 1. The highest BCUT2D eigenvalue weighted by molar-refractivity contribution is 5.96. The Labute approximate surface area is 244 Å². The molecule has 0 radical (unpaired) electrons. The number of aryl methyl sites for hydroxylation is 1. The molecule has 0 unspecified atom stereocenters. The summed E-state index contributed by atoms with van der Waals surface area (Å²) in [7, 11) is 1.57. The van der Waals surface area contributed by atoms with E-state index in [0.29, 0.717) is 36.2 Å². The van der Waals surface area contributed by atoms with E-state index in [1.165, 1.54) is 29.3 Å². The van der Waals surface area contributed by atoms with Crippen molar-refractivity contribution in [3.05, 3.63) is 60.2 Å². The Kier molecular flexibility index (Phi) is 9.83. The van der Waals surface area contributed by atoms with Crippen LogP contribution in [0.4, 0.5) is 17.6 Å². The molecule has 2 aromatic heterocycles. The van der Waals surface area contributed by atoms with Crippen molar-refractivity contribution in [2.75, 3.05) is 20.1 Å². The maximum absolute atomic E-state index is 15.1. The number of aromatic nitrogens is 3. The van der Waals surface area contributed by atoms with E-state index in [-0.39, 0.29) is 43.3 Å². The van der Waals surface area contributed by atoms with Crippen LogP contribution in [0, 0.1) is 0 Å². The lowest BCUT2D eigenvalue weighted by molar-refractivity contribution is -0.274. The number of hydrogen-bond donors (Lipinski definition) is 2. The molecule has 3 amide bonds. The number of hydrogen-bond acceptors (Lipinski definition) is 7. The number of halogens is 4. The Balaban J connectivity index is 1.34. The number of nitrogens with one attached hydrogen (secondary N) is 1. The number of benzene rings is 1. The van der Waals surface area contributed by atoms with Crippen molar-refractivity contribution in [1.29, 1.82) is 0 Å². The van der Waals surface area contributed by atoms with Gasteiger partial charge in [0.1, 0.15) is 17.4 Å². The smallest absolute Gasteiger partial charge is 0.471 e. The van der Waals surface area contributed by atoms with Crippen molar-refractivity contribution < 1.29 is 41.4 Å². The molecule has 1 aliphatic heterocycles. The van der Waals surface area contributed by atoms with E-state index in [4.69, 9.17) is 10.5 Å². The fraction of sp³-hybridized carbons (Fsp3) is 0.393. The van der Waals surface area contributed by atoms with Crippen molar-refractivity contribution in [3.8, 4) is 22.9 Å². The zero-order chi connectivity index (χ0) is 31.1. The summed E-state index contributed by atoms with van der Waals surface area (Å²) in [5.41, 5.74) is 6.94. The van der Waals surface area contributed by atoms with Crippen LogP contribution in [0.5, 0.6) is 11.6 Å². The molecule has 0 saturated carbocycles. The Morgan fingerprint density at radius 2 is 1.91 bits per heavy atom. The first-order chi connectivity index (χ1) is 20.4. The van der Waals surface area contributed by atoms with Gasteiger partial charge in [0.25, 0.3) is 5.91 Å². The number of rotatable bonds is 11. The van der Waals surface area contributed by atoms with Crippen molar-refractivity contribution >= 4 is 17.7 Å². The molecule has 1 saturated heterocycles. The maximum atomic E-state index is 15.1. The van der Waals surface area contributed by atoms with Crippen molar-refractivity contribution in [2.45, 2.75) is 50.9 Å². The van der Waals surface area contributed by atoms with Crippen LogP contribution in [0.3, 0.4) is 0 Å². The summed E-state index contributed by atoms with van der Waals surface area (Å²) in [5.74, 6) is -1.85. The summed E-state index contributed by atoms with van der Waals surface area (Å²) < 4.78 is 63.5. The van der Waals surface area contributed by atoms with Gasteiger partial charge in [-0.1, -0.05) is 12.1 Å². The molecule has 4 rings (SSSR count). The summed E-state index contributed by atoms with van der Waals surface area (Å²) in [6.07, 6.45) is -1.73. The van der Waals surface area contributed by atoms with Gasteiger partial charge in [-0.05, 0) is 30.2 Å². The topological polar surface area (TPSA) is 142 Å². The number of piperidine rings is 1. The van der Waals surface area contributed by atoms with Gasteiger partial charge in [-0.2, -0.15) is 0 Å². The van der Waals surface area contributed by atoms with Gasteiger partial charge in [0.05, 0.1) is 25.0 Å². The molecule has 1 aliphatic rings. The van der Waals surface area contributed by atoms with E-state index >= 15 is 4.39 Å². The van der Waals surface area contributed by atoms with Crippen molar-refractivity contribution in [2.24, 2.45) is 5.73 Å². The highest BCUT2D eigenvalue weighted by Crippen LogP contribution is 2.27. The molecule has 0 spiro atoms. The Morgan fingerprint density at radius 1 is 1.16 bits per heavy atom. The third kappa shape index (κ3) is 8.66. The minimum absolute atomic E-state index is 0.0599. The van der Waals surface area contributed by atoms with Crippen LogP contribution in [0.15, 0.2) is 49.1 Å². The van der Waals surface area contributed by atoms with Gasteiger partial charge in [-0.3, -0.25) is 14.4 Å². The number of pyridine rings is 1. The molecule has 43 heavy (non-hydrogen) atoms. The Bertz CT molecular complexity index is 1450. The first-order valence-electron chi connectivity index (χ1n) is 13.4. The maximum Gasteiger partial charge on any atom is 0.573 e. The van der Waals surface area contributed by atoms with E-state index in [0.717, 1.165) is 12.1 Å². The Hall–Kier alpha value is -4.69. The van der Waals surface area contributed by atoms with Gasteiger partial charge >= 0.3 is 6.36 Å². The lowest BCUT2D eigenvalue weighted by Gasteiger charge is -2.34. The van der Waals surface area contributed by atoms with Crippen LogP contribution in [0.25, 0.3) is 11.3 Å². The molecule has 0 aliphatic carbocycles. The largest absolute Gasteiger partial charge is 0.573 e. The van der Waals surface area contributed by atoms with Gasteiger partial charge in [-0.25, -0.2) is 14.4 Å². The lowest BCUT2D eigenvalue weighted by Crippen LogP contribution is -2.49. The van der Waals surface area contributed by atoms with Gasteiger partial charge in [-0.15, -0.1) is 13.2 Å². The molecule has 0 bridgehead atoms. The van der Waals surface area contributed by atoms with Crippen molar-refractivity contribution in [1.82, 2.24) is 24.8 Å². The minimum atomic E-state index is -4.82. The average Bonchev–Trinajstić information content (AvgIpc) is 3.43. The molecular formula is C28H30F4N6O5. The third-order valence-corrected chi connectivity index (χ3v) is 6.75. The van der Waals surface area contributed by atoms with Crippen LogP contribution in [-0.2, 0) is 22.6 Å². The summed E-state index contributed by atoms with van der Waals surface area (Å²) in [6, 6.07) is 6.33. The molecule has 1 aromatic carbocycles. The summed E-state index contributed by atoms with van der Waals surface area (Å²) in [6.45, 7) is 0.431. The molecule has 2 atom stereocenters. The van der Waals surface area contributed by atoms with Gasteiger partial charge in [0.2, 0.25) is 17.7 Å². The average molecular weight is 607 g/mol. The van der Waals surface area contributed by atoms with Crippen LogP contribution in [-0.4, -0.2) is 75.9 Å². The number of alkyl halides is 4. The van der Waals surface area contributed by atoms with E-state index in [2.05, 4.69) is 20.0 Å². The predicted octanol–water partition coefficient (Wildman–Crippen LogP) is 3.03. The minimum Gasteiger partial charge on any atom is -0.471 e. The number of imidazole rings is 1. The monoisotopic (exact) mass is 606 g/mol. The summed E-state index contributed by atoms with van der Waals surface area (Å²) in [4.78, 5) is 46.1. The molecule has 230 valence electrons. The first-order valence-corrected chi connectivity index (χ1v) is 13.4. The number of amides is 3. The number of ether oxygens (including phenoxy) is 2. The number of nitrogens with zero attached hydrogens (tertiary/aromatic N) is 4. The number of nitrogens with two attached hydrogens (primary N) is 1. The van der Waals surface area contributed by atoms with Gasteiger partial charge in [0, 0.05) is 50.9 Å². The summed E-state index contributed by atoms with van der Waals surface area (Å²) >= 11 is 0. The van der Waals surface area contributed by atoms with E-state index in [9.17, 15) is 27.6 Å². The fourth-order valence-electron chi connectivity index (χ4n) is 4.52. The van der Waals surface area contributed by atoms with E-state index in [1.807, 2.05) is 0 Å². The fourth-order valence-corrected chi connectivity index (χ4v) is 4.52. The molecule has 15 heteroatoms. The number of carbonyl (C=O) groups excluding carboxylic acids is 3. The second-order valence-electron chi connectivity index (χ2n) is 9.88. The second kappa shape index (κ2) is 13.5. The van der Waals surface area contributed by atoms with Crippen LogP contribution in [0.1, 0.15) is 35.2 Å². The summed E-state index contributed by atoms with van der Waals surface area (Å²) in [5, 5.41) is 2.56. The molecular weight excluding hydrogens is 576 g/mol. The van der Waals surface area contributed by atoms with Gasteiger partial charge in [0.15, 0.2) is 6.17 Å². The predicted molar refractivity (Wildman–Crippen MR) is 145 cm³/mol. The van der Waals surface area contributed by atoms with Crippen LogP contribution >= 0.6 is 0 Å².